The Morgan fingerprint density at radius 2 is 1.64 bits per heavy atom. The van der Waals surface area contributed by atoms with Crippen LogP contribution in [-0.4, -0.2) is 10.8 Å². The number of hydrogen-bond acceptors (Lipinski definition) is 2. The van der Waals surface area contributed by atoms with Crippen molar-refractivity contribution < 1.29 is 4.79 Å². The van der Waals surface area contributed by atoms with Crippen molar-refractivity contribution in [2.75, 3.05) is 0 Å². The van der Waals surface area contributed by atoms with Gasteiger partial charge in [-0.1, -0.05) is 93.9 Å². The van der Waals surface area contributed by atoms with E-state index in [9.17, 15) is 4.79 Å². The summed E-state index contributed by atoms with van der Waals surface area (Å²) in [4.78, 5) is 15.9. The van der Waals surface area contributed by atoms with Gasteiger partial charge < -0.3 is 4.90 Å². The zero-order valence-corrected chi connectivity index (χ0v) is 18.0. The first-order chi connectivity index (χ1) is 13.6. The molecule has 1 atom stereocenters. The molecule has 0 saturated carbocycles. The van der Waals surface area contributed by atoms with Gasteiger partial charge in [-0.15, -0.1) is 0 Å². The molecule has 0 spiro atoms. The highest BCUT2D eigenvalue weighted by molar-refractivity contribution is 9.10. The van der Waals surface area contributed by atoms with Gasteiger partial charge in [-0.2, -0.15) is 0 Å². The van der Waals surface area contributed by atoms with E-state index < -0.39 is 0 Å². The smallest absolute Gasteiger partial charge is 0.261 e. The van der Waals surface area contributed by atoms with E-state index in [0.29, 0.717) is 11.6 Å². The number of rotatable bonds is 4. The average molecular weight is 471 g/mol. The first kappa shape index (κ1) is 19.3. The number of thioether (sulfide) groups is 1. The number of amides is 1. The number of nitrogens with zero attached hydrogens (tertiary/aromatic N) is 1. The second kappa shape index (κ2) is 8.56. The molecule has 28 heavy (non-hydrogen) atoms. The molecule has 0 aromatic heterocycles. The Kier molecular flexibility index (Phi) is 5.90. The lowest BCUT2D eigenvalue weighted by atomic mass is 10.1. The van der Waals surface area contributed by atoms with Gasteiger partial charge in [0.25, 0.3) is 5.91 Å². The fraction of sp³-hybridized carbons (Fsp3) is 0.0870. The maximum Gasteiger partial charge on any atom is 0.261 e. The summed E-state index contributed by atoms with van der Waals surface area (Å²) in [6.45, 7) is 0.567. The Morgan fingerprint density at radius 1 is 0.964 bits per heavy atom. The number of carbonyl (C=O) groups excluding carboxylic acids is 1. The molecule has 2 nitrogen and oxygen atoms in total. The molecule has 1 aliphatic rings. The molecule has 5 heteroatoms. The van der Waals surface area contributed by atoms with Gasteiger partial charge in [0.1, 0.15) is 5.37 Å². The van der Waals surface area contributed by atoms with E-state index in [2.05, 4.69) is 15.9 Å². The lowest BCUT2D eigenvalue weighted by Crippen LogP contribution is -2.27. The Balaban J connectivity index is 1.68. The standard InChI is InChI=1S/C23H17BrClNOS/c24-19-10-6-16(7-11-19)14-21-22(27)26(15-17-4-2-1-3-5-17)23(28-21)18-8-12-20(25)13-9-18/h1-14,23H,15H2/b21-14-. The topological polar surface area (TPSA) is 20.3 Å². The van der Waals surface area contributed by atoms with Crippen LogP contribution in [0.3, 0.4) is 0 Å². The van der Waals surface area contributed by atoms with E-state index in [4.69, 9.17) is 11.6 Å². The van der Waals surface area contributed by atoms with Crippen LogP contribution in [0.25, 0.3) is 6.08 Å². The van der Waals surface area contributed by atoms with Gasteiger partial charge in [0.05, 0.1) is 4.91 Å². The molecule has 0 aliphatic carbocycles. The van der Waals surface area contributed by atoms with E-state index in [1.807, 2.05) is 89.8 Å². The highest BCUT2D eigenvalue weighted by Gasteiger charge is 2.37. The zero-order chi connectivity index (χ0) is 19.5. The molecule has 4 rings (SSSR count). The van der Waals surface area contributed by atoms with Crippen molar-refractivity contribution in [3.8, 4) is 0 Å². The summed E-state index contributed by atoms with van der Waals surface area (Å²) >= 11 is 11.1. The second-order valence-electron chi connectivity index (χ2n) is 6.50. The highest BCUT2D eigenvalue weighted by atomic mass is 79.9. The third-order valence-electron chi connectivity index (χ3n) is 4.51. The number of benzene rings is 3. The third kappa shape index (κ3) is 4.35. The van der Waals surface area contributed by atoms with Gasteiger partial charge in [-0.05, 0) is 47.0 Å². The summed E-state index contributed by atoms with van der Waals surface area (Å²) in [5.41, 5.74) is 3.19. The molecule has 140 valence electrons. The van der Waals surface area contributed by atoms with Crippen molar-refractivity contribution in [3.05, 3.63) is 110 Å². The van der Waals surface area contributed by atoms with E-state index in [0.717, 1.165) is 26.1 Å². The van der Waals surface area contributed by atoms with Crippen molar-refractivity contribution in [2.45, 2.75) is 11.9 Å². The summed E-state index contributed by atoms with van der Waals surface area (Å²) in [7, 11) is 0. The average Bonchev–Trinajstić information content (AvgIpc) is 3.01. The minimum Gasteiger partial charge on any atom is -0.317 e. The second-order valence-corrected chi connectivity index (χ2v) is 8.97. The van der Waals surface area contributed by atoms with Crippen molar-refractivity contribution in [1.29, 1.82) is 0 Å². The Morgan fingerprint density at radius 3 is 2.32 bits per heavy atom. The van der Waals surface area contributed by atoms with Crippen LogP contribution in [-0.2, 0) is 11.3 Å². The summed E-state index contributed by atoms with van der Waals surface area (Å²) in [5.74, 6) is 0.0525. The largest absolute Gasteiger partial charge is 0.317 e. The normalized spacial score (nSPS) is 18.1. The predicted molar refractivity (Wildman–Crippen MR) is 121 cm³/mol. The van der Waals surface area contributed by atoms with Crippen molar-refractivity contribution >= 4 is 51.3 Å². The summed E-state index contributed by atoms with van der Waals surface area (Å²) < 4.78 is 1.02. The lowest BCUT2D eigenvalue weighted by Gasteiger charge is -2.23. The van der Waals surface area contributed by atoms with E-state index in [-0.39, 0.29) is 11.3 Å². The van der Waals surface area contributed by atoms with Crippen LogP contribution in [0.4, 0.5) is 0 Å². The van der Waals surface area contributed by atoms with Gasteiger partial charge >= 0.3 is 0 Å². The van der Waals surface area contributed by atoms with Crippen molar-refractivity contribution in [2.24, 2.45) is 0 Å². The molecule has 1 fully saturated rings. The van der Waals surface area contributed by atoms with Gasteiger partial charge in [0.15, 0.2) is 0 Å². The fourth-order valence-corrected chi connectivity index (χ4v) is 4.74. The summed E-state index contributed by atoms with van der Waals surface area (Å²) in [5, 5.41) is 0.616. The first-order valence-electron chi connectivity index (χ1n) is 8.84. The molecule has 1 aliphatic heterocycles. The monoisotopic (exact) mass is 469 g/mol. The third-order valence-corrected chi connectivity index (χ3v) is 6.59. The molecule has 3 aromatic carbocycles. The van der Waals surface area contributed by atoms with Crippen LogP contribution in [0.2, 0.25) is 5.02 Å². The molecular weight excluding hydrogens is 454 g/mol. The van der Waals surface area contributed by atoms with Crippen LogP contribution in [0.1, 0.15) is 22.1 Å². The van der Waals surface area contributed by atoms with Gasteiger partial charge in [-0.25, -0.2) is 0 Å². The molecule has 1 saturated heterocycles. The summed E-state index contributed by atoms with van der Waals surface area (Å²) in [6, 6.07) is 25.8. The maximum atomic E-state index is 13.2. The number of halogens is 2. The van der Waals surface area contributed by atoms with E-state index >= 15 is 0 Å². The molecule has 0 N–H and O–H groups in total. The van der Waals surface area contributed by atoms with Crippen LogP contribution < -0.4 is 0 Å². The quantitative estimate of drug-likeness (QED) is 0.386. The SMILES string of the molecule is O=C1/C(=C/c2ccc(Br)cc2)SC(c2ccc(Cl)cc2)N1Cc1ccccc1. The van der Waals surface area contributed by atoms with Gasteiger partial charge in [0, 0.05) is 16.0 Å². The Labute approximate surface area is 182 Å². The zero-order valence-electron chi connectivity index (χ0n) is 14.9. The minimum absolute atomic E-state index is 0.0525. The summed E-state index contributed by atoms with van der Waals surface area (Å²) in [6.07, 6.45) is 1.97. The minimum atomic E-state index is -0.0772. The van der Waals surface area contributed by atoms with Crippen LogP contribution >= 0.6 is 39.3 Å². The predicted octanol–water partition coefficient (Wildman–Crippen LogP) is 6.92. The number of hydrogen-bond donors (Lipinski definition) is 0. The molecule has 0 radical (unpaired) electrons. The van der Waals surface area contributed by atoms with Crippen LogP contribution in [0.15, 0.2) is 88.2 Å². The molecule has 3 aromatic rings. The Hall–Kier alpha value is -2.01. The molecule has 0 bridgehead atoms. The van der Waals surface area contributed by atoms with Crippen LogP contribution in [0, 0.1) is 0 Å². The van der Waals surface area contributed by atoms with Crippen molar-refractivity contribution in [3.63, 3.8) is 0 Å². The highest BCUT2D eigenvalue weighted by Crippen LogP contribution is 2.47. The Bertz CT molecular complexity index is 1000. The molecular formula is C23H17BrClNOS. The molecule has 1 unspecified atom stereocenters. The number of carbonyl (C=O) groups is 1. The van der Waals surface area contributed by atoms with E-state index in [1.54, 1.807) is 11.8 Å². The molecule has 1 heterocycles. The van der Waals surface area contributed by atoms with Crippen LogP contribution in [0.5, 0.6) is 0 Å². The maximum absolute atomic E-state index is 13.2. The van der Waals surface area contributed by atoms with E-state index in [1.165, 1.54) is 0 Å². The van der Waals surface area contributed by atoms with Crippen molar-refractivity contribution in [1.82, 2.24) is 4.90 Å². The van der Waals surface area contributed by atoms with Gasteiger partial charge in [0.2, 0.25) is 0 Å². The molecule has 1 amide bonds. The lowest BCUT2D eigenvalue weighted by molar-refractivity contribution is -0.126. The van der Waals surface area contributed by atoms with Gasteiger partial charge in [-0.3, -0.25) is 4.79 Å². The fourth-order valence-electron chi connectivity index (χ4n) is 3.10. The first-order valence-corrected chi connectivity index (χ1v) is 10.9.